The molecular formula is C22H26N4. The van der Waals surface area contributed by atoms with Gasteiger partial charge in [0.2, 0.25) is 0 Å². The van der Waals surface area contributed by atoms with Crippen molar-refractivity contribution in [1.29, 1.82) is 0 Å². The van der Waals surface area contributed by atoms with Crippen LogP contribution in [0.3, 0.4) is 0 Å². The predicted octanol–water partition coefficient (Wildman–Crippen LogP) is 5.80. The quantitative estimate of drug-likeness (QED) is 0.460. The summed E-state index contributed by atoms with van der Waals surface area (Å²) in [6, 6.07) is 16.6. The van der Waals surface area contributed by atoms with Gasteiger partial charge in [0.25, 0.3) is 0 Å². The number of H-pyrrole nitrogens is 1. The SMILES string of the molecule is CCCCC(CC)Cn1c(-c2nc3ccccc3[nH]2)nc2ccccc21. The number of nitrogens with zero attached hydrogens (tertiary/aromatic N) is 3. The molecule has 4 heteroatoms. The van der Waals surface area contributed by atoms with E-state index in [1.54, 1.807) is 0 Å². The van der Waals surface area contributed by atoms with Crippen LogP contribution >= 0.6 is 0 Å². The molecular weight excluding hydrogens is 320 g/mol. The second kappa shape index (κ2) is 7.32. The fourth-order valence-electron chi connectivity index (χ4n) is 3.68. The van der Waals surface area contributed by atoms with Gasteiger partial charge in [-0.15, -0.1) is 0 Å². The van der Waals surface area contributed by atoms with Crippen molar-refractivity contribution in [3.8, 4) is 11.6 Å². The van der Waals surface area contributed by atoms with Crippen LogP contribution < -0.4 is 0 Å². The first-order valence-corrected chi connectivity index (χ1v) is 9.70. The van der Waals surface area contributed by atoms with E-state index < -0.39 is 0 Å². The summed E-state index contributed by atoms with van der Waals surface area (Å²) in [5.74, 6) is 2.46. The van der Waals surface area contributed by atoms with Crippen LogP contribution in [0.25, 0.3) is 33.7 Å². The Morgan fingerprint density at radius 2 is 1.73 bits per heavy atom. The highest BCUT2D eigenvalue weighted by atomic mass is 15.1. The molecule has 1 atom stereocenters. The van der Waals surface area contributed by atoms with Crippen LogP contribution in [0.1, 0.15) is 39.5 Å². The largest absolute Gasteiger partial charge is 0.335 e. The molecule has 2 aromatic carbocycles. The zero-order valence-electron chi connectivity index (χ0n) is 15.6. The van der Waals surface area contributed by atoms with Crippen molar-refractivity contribution in [3.05, 3.63) is 48.5 Å². The lowest BCUT2D eigenvalue weighted by molar-refractivity contribution is 0.397. The number of rotatable bonds is 7. The van der Waals surface area contributed by atoms with Crippen LogP contribution in [0, 0.1) is 5.92 Å². The number of benzene rings is 2. The molecule has 26 heavy (non-hydrogen) atoms. The zero-order valence-corrected chi connectivity index (χ0v) is 15.6. The normalized spacial score (nSPS) is 12.8. The number of para-hydroxylation sites is 4. The molecule has 0 aliphatic heterocycles. The van der Waals surface area contributed by atoms with Crippen LogP contribution in [0.4, 0.5) is 0 Å². The summed E-state index contributed by atoms with van der Waals surface area (Å²) in [7, 11) is 0. The minimum Gasteiger partial charge on any atom is -0.335 e. The van der Waals surface area contributed by atoms with Gasteiger partial charge in [0.15, 0.2) is 11.6 Å². The Bertz CT molecular complexity index is 978. The zero-order chi connectivity index (χ0) is 17.9. The number of imidazole rings is 2. The van der Waals surface area contributed by atoms with Gasteiger partial charge >= 0.3 is 0 Å². The highest BCUT2D eigenvalue weighted by molar-refractivity contribution is 5.82. The molecule has 4 nitrogen and oxygen atoms in total. The van der Waals surface area contributed by atoms with Crippen LogP contribution in [0.5, 0.6) is 0 Å². The second-order valence-corrected chi connectivity index (χ2v) is 7.05. The molecule has 0 radical (unpaired) electrons. The van der Waals surface area contributed by atoms with E-state index in [1.807, 2.05) is 18.2 Å². The van der Waals surface area contributed by atoms with Crippen LogP contribution in [0.2, 0.25) is 0 Å². The average molecular weight is 346 g/mol. The second-order valence-electron chi connectivity index (χ2n) is 7.05. The smallest absolute Gasteiger partial charge is 0.177 e. The lowest BCUT2D eigenvalue weighted by Gasteiger charge is -2.17. The number of aromatic nitrogens is 4. The van der Waals surface area contributed by atoms with Crippen LogP contribution in [0.15, 0.2) is 48.5 Å². The van der Waals surface area contributed by atoms with E-state index in [0.29, 0.717) is 5.92 Å². The summed E-state index contributed by atoms with van der Waals surface area (Å²) in [4.78, 5) is 13.2. The molecule has 0 aliphatic carbocycles. The van der Waals surface area contributed by atoms with Gasteiger partial charge < -0.3 is 9.55 Å². The van der Waals surface area contributed by atoms with E-state index in [1.165, 1.54) is 31.2 Å². The van der Waals surface area contributed by atoms with E-state index in [0.717, 1.165) is 34.7 Å². The maximum absolute atomic E-state index is 4.92. The third kappa shape index (κ3) is 3.12. The molecule has 4 aromatic rings. The van der Waals surface area contributed by atoms with Crippen molar-refractivity contribution in [3.63, 3.8) is 0 Å². The molecule has 0 bridgehead atoms. The topological polar surface area (TPSA) is 46.5 Å². The van der Waals surface area contributed by atoms with Gasteiger partial charge in [0.05, 0.1) is 22.1 Å². The number of nitrogens with one attached hydrogen (secondary N) is 1. The fourth-order valence-corrected chi connectivity index (χ4v) is 3.68. The molecule has 0 fully saturated rings. The van der Waals surface area contributed by atoms with Gasteiger partial charge in [-0.3, -0.25) is 0 Å². The average Bonchev–Trinajstić information content (AvgIpc) is 3.26. The Kier molecular flexibility index (Phi) is 4.74. The molecule has 134 valence electrons. The Morgan fingerprint density at radius 1 is 0.962 bits per heavy atom. The maximum Gasteiger partial charge on any atom is 0.177 e. The molecule has 0 saturated heterocycles. The highest BCUT2D eigenvalue weighted by Gasteiger charge is 2.18. The third-order valence-electron chi connectivity index (χ3n) is 5.24. The van der Waals surface area contributed by atoms with Crippen molar-refractivity contribution < 1.29 is 0 Å². The summed E-state index contributed by atoms with van der Waals surface area (Å²) in [6.45, 7) is 5.54. The van der Waals surface area contributed by atoms with E-state index >= 15 is 0 Å². The van der Waals surface area contributed by atoms with E-state index in [2.05, 4.69) is 53.7 Å². The van der Waals surface area contributed by atoms with Crippen LogP contribution in [-0.4, -0.2) is 19.5 Å². The number of hydrogen-bond donors (Lipinski definition) is 1. The molecule has 1 N–H and O–H groups in total. The van der Waals surface area contributed by atoms with Gasteiger partial charge in [-0.2, -0.15) is 0 Å². The summed E-state index contributed by atoms with van der Waals surface area (Å²) in [5.41, 5.74) is 4.27. The Morgan fingerprint density at radius 3 is 2.50 bits per heavy atom. The monoisotopic (exact) mass is 346 g/mol. The van der Waals surface area contributed by atoms with Crippen LogP contribution in [-0.2, 0) is 6.54 Å². The Balaban J connectivity index is 1.80. The minimum absolute atomic E-state index is 0.663. The molecule has 0 spiro atoms. The van der Waals surface area contributed by atoms with E-state index in [4.69, 9.17) is 9.97 Å². The number of hydrogen-bond acceptors (Lipinski definition) is 2. The van der Waals surface area contributed by atoms with Crippen molar-refractivity contribution in [2.75, 3.05) is 0 Å². The molecule has 0 saturated carbocycles. The fraction of sp³-hybridized carbons (Fsp3) is 0.364. The molecule has 0 amide bonds. The van der Waals surface area contributed by atoms with Gasteiger partial charge in [-0.1, -0.05) is 57.4 Å². The summed E-state index contributed by atoms with van der Waals surface area (Å²) >= 11 is 0. The molecule has 4 rings (SSSR count). The molecule has 2 aromatic heterocycles. The molecule has 1 unspecified atom stereocenters. The van der Waals surface area contributed by atoms with Gasteiger partial charge in [-0.25, -0.2) is 9.97 Å². The van der Waals surface area contributed by atoms with Crippen molar-refractivity contribution >= 4 is 22.1 Å². The first-order chi connectivity index (χ1) is 12.8. The minimum atomic E-state index is 0.663. The highest BCUT2D eigenvalue weighted by Crippen LogP contribution is 2.27. The van der Waals surface area contributed by atoms with Gasteiger partial charge in [0, 0.05) is 6.54 Å². The third-order valence-corrected chi connectivity index (χ3v) is 5.24. The number of unbranched alkanes of at least 4 members (excludes halogenated alkanes) is 1. The first-order valence-electron chi connectivity index (χ1n) is 9.70. The lowest BCUT2D eigenvalue weighted by atomic mass is 9.99. The lowest BCUT2D eigenvalue weighted by Crippen LogP contribution is -2.11. The summed E-state index contributed by atoms with van der Waals surface area (Å²) in [6.07, 6.45) is 4.98. The predicted molar refractivity (Wildman–Crippen MR) is 108 cm³/mol. The summed E-state index contributed by atoms with van der Waals surface area (Å²) in [5, 5.41) is 0. The first kappa shape index (κ1) is 16.8. The maximum atomic E-state index is 4.92. The van der Waals surface area contributed by atoms with E-state index in [-0.39, 0.29) is 0 Å². The van der Waals surface area contributed by atoms with E-state index in [9.17, 15) is 0 Å². The Labute approximate surface area is 154 Å². The van der Waals surface area contributed by atoms with Crippen molar-refractivity contribution in [2.24, 2.45) is 5.92 Å². The van der Waals surface area contributed by atoms with Crippen molar-refractivity contribution in [2.45, 2.75) is 46.1 Å². The van der Waals surface area contributed by atoms with Gasteiger partial charge in [-0.05, 0) is 36.6 Å². The molecule has 2 heterocycles. The van der Waals surface area contributed by atoms with Crippen molar-refractivity contribution in [1.82, 2.24) is 19.5 Å². The summed E-state index contributed by atoms with van der Waals surface area (Å²) < 4.78 is 2.36. The Hall–Kier alpha value is -2.62. The molecule has 0 aliphatic rings. The van der Waals surface area contributed by atoms with Gasteiger partial charge in [0.1, 0.15) is 0 Å². The number of aromatic amines is 1. The standard InChI is InChI=1S/C22H26N4/c1-3-5-10-16(4-2)15-26-20-14-9-8-13-19(20)25-22(26)21-23-17-11-6-7-12-18(17)24-21/h6-9,11-14,16H,3-5,10,15H2,1-2H3,(H,23,24). The number of fused-ring (bicyclic) bond motifs is 2.